The van der Waals surface area contributed by atoms with E-state index in [1.165, 1.54) is 42.6 Å². The van der Waals surface area contributed by atoms with E-state index in [1.807, 2.05) is 0 Å². The quantitative estimate of drug-likeness (QED) is 0.438. The summed E-state index contributed by atoms with van der Waals surface area (Å²) in [5.74, 6) is -7.29. The van der Waals surface area contributed by atoms with E-state index in [2.05, 4.69) is 25.8 Å². The van der Waals surface area contributed by atoms with Crippen LogP contribution in [-0.2, 0) is 19.1 Å². The average Bonchev–Trinajstić information content (AvgIpc) is 3.18. The number of rotatable bonds is 6. The molecule has 13 heteroatoms. The number of carbonyl (C=O) groups is 2. The molecule has 1 aliphatic rings. The molecular weight excluding hydrogens is 469 g/mol. The third-order valence-electron chi connectivity index (χ3n) is 5.60. The summed E-state index contributed by atoms with van der Waals surface area (Å²) in [5.41, 5.74) is -3.86. The third kappa shape index (κ3) is 4.49. The number of ketones is 1. The number of hydrogen-bond acceptors (Lipinski definition) is 8. The first-order valence-electron chi connectivity index (χ1n) is 10.3. The number of benzene rings is 1. The van der Waals surface area contributed by atoms with E-state index < -0.39 is 64.8 Å². The molecule has 35 heavy (non-hydrogen) atoms. The molecule has 0 saturated carbocycles. The Hall–Kier alpha value is -4.13. The Balaban J connectivity index is 1.77. The Morgan fingerprint density at radius 1 is 1.23 bits per heavy atom. The average molecular weight is 488 g/mol. The molecule has 1 amide bonds. The molecular formula is C22H19F3N6O4. The van der Waals surface area contributed by atoms with Crippen molar-refractivity contribution in [2.45, 2.75) is 24.4 Å². The molecule has 0 unspecified atom stereocenters. The molecule has 3 N–H and O–H groups in total. The minimum atomic E-state index is -3.35. The second-order valence-corrected chi connectivity index (χ2v) is 8.04. The molecule has 2 aromatic heterocycles. The van der Waals surface area contributed by atoms with Crippen molar-refractivity contribution in [1.29, 1.82) is 0 Å². The van der Waals surface area contributed by atoms with Crippen molar-refractivity contribution in [2.24, 2.45) is 7.05 Å². The lowest BCUT2D eigenvalue weighted by Gasteiger charge is -2.28. The van der Waals surface area contributed by atoms with Crippen LogP contribution in [0.4, 0.5) is 13.2 Å². The molecule has 3 aromatic rings. The van der Waals surface area contributed by atoms with Crippen LogP contribution >= 0.6 is 0 Å². The van der Waals surface area contributed by atoms with Gasteiger partial charge in [0.1, 0.15) is 22.9 Å². The lowest BCUT2D eigenvalue weighted by molar-refractivity contribution is 0.0145. The second kappa shape index (κ2) is 8.91. The summed E-state index contributed by atoms with van der Waals surface area (Å²) in [6.07, 6.45) is 0.218. The monoisotopic (exact) mass is 488 g/mol. The van der Waals surface area contributed by atoms with Gasteiger partial charge in [-0.25, -0.2) is 18.2 Å². The minimum absolute atomic E-state index is 0.106. The molecule has 0 spiro atoms. The molecule has 1 aliphatic heterocycles. The van der Waals surface area contributed by atoms with Crippen molar-refractivity contribution in [1.82, 2.24) is 30.4 Å². The zero-order chi connectivity index (χ0) is 25.4. The predicted octanol–water partition coefficient (Wildman–Crippen LogP) is 1.05. The van der Waals surface area contributed by atoms with Crippen molar-refractivity contribution in [3.63, 3.8) is 0 Å². The Bertz CT molecular complexity index is 1350. The molecule has 1 fully saturated rings. The van der Waals surface area contributed by atoms with Crippen LogP contribution in [0.25, 0.3) is 0 Å². The van der Waals surface area contributed by atoms with E-state index in [1.54, 1.807) is 0 Å². The number of carbonyl (C=O) groups excluding carboxylic acids is 2. The van der Waals surface area contributed by atoms with E-state index >= 15 is 0 Å². The van der Waals surface area contributed by atoms with Crippen molar-refractivity contribution >= 4 is 11.7 Å². The van der Waals surface area contributed by atoms with Crippen LogP contribution < -0.4 is 16.2 Å². The van der Waals surface area contributed by atoms with Gasteiger partial charge in [0.2, 0.25) is 11.5 Å². The van der Waals surface area contributed by atoms with Crippen molar-refractivity contribution < 1.29 is 27.9 Å². The number of alkyl halides is 2. The molecule has 4 rings (SSSR count). The first-order chi connectivity index (χ1) is 16.5. The zero-order valence-electron chi connectivity index (χ0n) is 18.3. The predicted molar refractivity (Wildman–Crippen MR) is 114 cm³/mol. The van der Waals surface area contributed by atoms with Gasteiger partial charge in [0.25, 0.3) is 17.4 Å². The maximum Gasteiger partial charge on any atom is 0.296 e. The smallest absolute Gasteiger partial charge is 0.296 e. The highest BCUT2D eigenvalue weighted by atomic mass is 19.3. The van der Waals surface area contributed by atoms with Crippen molar-refractivity contribution in [2.75, 3.05) is 6.54 Å². The van der Waals surface area contributed by atoms with Gasteiger partial charge in [-0.05, 0) is 29.8 Å². The number of nitrogens with one attached hydrogen (secondary N) is 2. The second-order valence-electron chi connectivity index (χ2n) is 8.04. The van der Waals surface area contributed by atoms with Crippen LogP contribution in [0.1, 0.15) is 38.8 Å². The number of nitrogens with zero attached hydrogens (tertiary/aromatic N) is 4. The highest BCUT2D eigenvalue weighted by Crippen LogP contribution is 2.40. The molecule has 3 heterocycles. The molecule has 0 bridgehead atoms. The summed E-state index contributed by atoms with van der Waals surface area (Å²) < 4.78 is 42.6. The van der Waals surface area contributed by atoms with Gasteiger partial charge in [-0.15, -0.1) is 5.10 Å². The maximum atomic E-state index is 14.4. The summed E-state index contributed by atoms with van der Waals surface area (Å²) in [6, 6.07) is 7.85. The number of aromatic hydroxyl groups is 1. The summed E-state index contributed by atoms with van der Waals surface area (Å²) in [7, 11) is 1.13. The van der Waals surface area contributed by atoms with E-state index in [9.17, 15) is 32.7 Å². The number of Topliss-reactive ketones (excluding diaryl/α,β-unsaturated/α-hetero) is 1. The molecule has 0 aliphatic carbocycles. The van der Waals surface area contributed by atoms with Gasteiger partial charge in [0.15, 0.2) is 5.69 Å². The number of amides is 1. The molecule has 0 radical (unpaired) electrons. The van der Waals surface area contributed by atoms with Crippen LogP contribution in [0.3, 0.4) is 0 Å². The normalized spacial score (nSPS) is 18.9. The SMILES string of the molecule is Cn1c([C@]2(C(=O)c3cccnn3)CC(F)(F)CN2)nc(C(=O)NCc2ccc(F)cc2)c(O)c1=O. The molecule has 1 saturated heterocycles. The van der Waals surface area contributed by atoms with Crippen LogP contribution in [-0.4, -0.2) is 49.0 Å². The lowest BCUT2D eigenvalue weighted by atomic mass is 9.87. The summed E-state index contributed by atoms with van der Waals surface area (Å²) in [4.78, 5) is 42.9. The summed E-state index contributed by atoms with van der Waals surface area (Å²) >= 11 is 0. The van der Waals surface area contributed by atoms with Gasteiger partial charge in [-0.3, -0.25) is 24.3 Å². The molecule has 1 aromatic carbocycles. The fourth-order valence-corrected chi connectivity index (χ4v) is 3.85. The van der Waals surface area contributed by atoms with Crippen LogP contribution in [0.5, 0.6) is 5.75 Å². The number of halogens is 3. The fraction of sp³-hybridized carbons (Fsp3) is 0.273. The largest absolute Gasteiger partial charge is 0.501 e. The van der Waals surface area contributed by atoms with Crippen LogP contribution in [0, 0.1) is 5.82 Å². The molecule has 182 valence electrons. The Morgan fingerprint density at radius 2 is 1.94 bits per heavy atom. The number of aromatic nitrogens is 4. The Morgan fingerprint density at radius 3 is 2.54 bits per heavy atom. The van der Waals surface area contributed by atoms with Crippen molar-refractivity contribution in [3.8, 4) is 5.75 Å². The topological polar surface area (TPSA) is 139 Å². The summed E-state index contributed by atoms with van der Waals surface area (Å²) in [6.45, 7) is -1.01. The maximum absolute atomic E-state index is 14.4. The first kappa shape index (κ1) is 24.0. The summed E-state index contributed by atoms with van der Waals surface area (Å²) in [5, 5.41) is 22.5. The van der Waals surface area contributed by atoms with E-state index in [0.29, 0.717) is 5.56 Å². The third-order valence-corrected chi connectivity index (χ3v) is 5.60. The molecule has 10 nitrogen and oxygen atoms in total. The highest BCUT2D eigenvalue weighted by Gasteiger charge is 2.57. The minimum Gasteiger partial charge on any atom is -0.501 e. The van der Waals surface area contributed by atoms with Crippen LogP contribution in [0.2, 0.25) is 0 Å². The molecule has 1 atom stereocenters. The van der Waals surface area contributed by atoms with Gasteiger partial charge < -0.3 is 10.4 Å². The highest BCUT2D eigenvalue weighted by molar-refractivity contribution is 6.02. The van der Waals surface area contributed by atoms with Gasteiger partial charge in [-0.2, -0.15) is 5.10 Å². The fourth-order valence-electron chi connectivity index (χ4n) is 3.85. The lowest BCUT2D eigenvalue weighted by Crippen LogP contribution is -2.49. The van der Waals surface area contributed by atoms with Gasteiger partial charge >= 0.3 is 0 Å². The Kier molecular flexibility index (Phi) is 6.11. The van der Waals surface area contributed by atoms with Crippen LogP contribution in [0.15, 0.2) is 47.4 Å². The number of hydrogen-bond donors (Lipinski definition) is 3. The van der Waals surface area contributed by atoms with E-state index in [4.69, 9.17) is 0 Å². The first-order valence-corrected chi connectivity index (χ1v) is 10.3. The van der Waals surface area contributed by atoms with Gasteiger partial charge in [0.05, 0.1) is 6.54 Å². The van der Waals surface area contributed by atoms with Crippen molar-refractivity contribution in [3.05, 3.63) is 81.5 Å². The Labute approximate surface area is 195 Å². The van der Waals surface area contributed by atoms with E-state index in [0.717, 1.165) is 11.6 Å². The van der Waals surface area contributed by atoms with E-state index in [-0.39, 0.29) is 12.2 Å². The standard InChI is InChI=1S/C22H19F3N6O4/c1-31-19(35)16(32)15(18(34)26-9-12-4-6-13(23)7-5-12)29-20(31)22(10-21(24,25)11-27-22)17(33)14-3-2-8-28-30-14/h2-8,27,32H,9-11H2,1H3,(H,26,34)/t22-/m1/s1. The van der Waals surface area contributed by atoms with Gasteiger partial charge in [-0.1, -0.05) is 12.1 Å². The van der Waals surface area contributed by atoms with Gasteiger partial charge in [0, 0.05) is 26.2 Å². The zero-order valence-corrected chi connectivity index (χ0v) is 18.3.